The number of hydrogen-bond acceptors (Lipinski definition) is 11. The topological polar surface area (TPSA) is 175 Å². The van der Waals surface area contributed by atoms with Crippen LogP contribution >= 0.6 is 0 Å². The first-order valence-electron chi connectivity index (χ1n) is 28.3. The molecule has 0 aromatic rings. The molecule has 1 heterocycles. The molecule has 1 saturated heterocycles. The molecule has 0 amide bonds. The van der Waals surface area contributed by atoms with Crippen LogP contribution in [0.2, 0.25) is 0 Å². The summed E-state index contributed by atoms with van der Waals surface area (Å²) in [5.41, 5.74) is 0. The van der Waals surface area contributed by atoms with Crippen LogP contribution in [0.15, 0.2) is 60.8 Å². The van der Waals surface area contributed by atoms with Gasteiger partial charge in [-0.05, 0) is 64.2 Å². The molecular weight excluding hydrogens is 901 g/mol. The van der Waals surface area contributed by atoms with Crippen LogP contribution < -0.4 is 0 Å². The van der Waals surface area contributed by atoms with Crippen LogP contribution in [0, 0.1) is 0 Å². The van der Waals surface area contributed by atoms with Crippen molar-refractivity contribution in [1.29, 1.82) is 0 Å². The zero-order valence-electron chi connectivity index (χ0n) is 44.7. The Kier molecular flexibility index (Phi) is 43.7. The summed E-state index contributed by atoms with van der Waals surface area (Å²) in [6.45, 7) is 5.81. The predicted octanol–water partition coefficient (Wildman–Crippen LogP) is 14.0. The number of rotatable bonds is 47. The third-order valence-corrected chi connectivity index (χ3v) is 12.6. The van der Waals surface area contributed by atoms with Crippen molar-refractivity contribution in [2.45, 2.75) is 276 Å². The molecule has 0 aromatic carbocycles. The highest BCUT2D eigenvalue weighted by molar-refractivity contribution is 5.74. The van der Waals surface area contributed by atoms with Crippen molar-refractivity contribution in [3.8, 4) is 0 Å². The van der Waals surface area contributed by atoms with E-state index in [9.17, 15) is 34.5 Å². The summed E-state index contributed by atoms with van der Waals surface area (Å²) in [7, 11) is 0. The number of aliphatic hydroxyl groups excluding tert-OH is 2. The number of allylic oxidation sites excluding steroid dienone is 10. The van der Waals surface area contributed by atoms with Gasteiger partial charge in [-0.15, -0.1) is 0 Å². The van der Waals surface area contributed by atoms with Crippen LogP contribution in [0.3, 0.4) is 0 Å². The van der Waals surface area contributed by atoms with Gasteiger partial charge in [-0.25, -0.2) is 4.79 Å². The maximum atomic E-state index is 13.0. The first-order valence-corrected chi connectivity index (χ1v) is 28.3. The maximum absolute atomic E-state index is 13.0. The van der Waals surface area contributed by atoms with E-state index in [0.29, 0.717) is 19.3 Å². The first-order chi connectivity index (χ1) is 34.6. The second-order valence-electron chi connectivity index (χ2n) is 19.2. The number of esters is 3. The quantitative estimate of drug-likeness (QED) is 0.0228. The Morgan fingerprint density at radius 2 is 0.887 bits per heavy atom. The smallest absolute Gasteiger partial charge is 0.335 e. The van der Waals surface area contributed by atoms with Gasteiger partial charge in [0.15, 0.2) is 24.6 Å². The monoisotopic (exact) mass is 1000 g/mol. The fourth-order valence-corrected chi connectivity index (χ4v) is 8.28. The molecule has 0 aliphatic carbocycles. The summed E-state index contributed by atoms with van der Waals surface area (Å²) in [6, 6.07) is 0. The number of carbonyl (C=O) groups is 4. The van der Waals surface area contributed by atoms with Gasteiger partial charge in [0, 0.05) is 19.3 Å². The Morgan fingerprint density at radius 1 is 0.479 bits per heavy atom. The molecule has 408 valence electrons. The van der Waals surface area contributed by atoms with E-state index in [2.05, 4.69) is 81.5 Å². The Morgan fingerprint density at radius 3 is 1.35 bits per heavy atom. The van der Waals surface area contributed by atoms with Gasteiger partial charge in [-0.3, -0.25) is 14.4 Å². The van der Waals surface area contributed by atoms with Crippen LogP contribution in [0.25, 0.3) is 0 Å². The number of hydrogen-bond donors (Lipinski definition) is 3. The van der Waals surface area contributed by atoms with E-state index in [4.69, 9.17) is 23.7 Å². The van der Waals surface area contributed by atoms with E-state index < -0.39 is 67.3 Å². The molecule has 1 rings (SSSR count). The number of carbonyl (C=O) groups excluding carboxylic acids is 3. The summed E-state index contributed by atoms with van der Waals surface area (Å²) in [5.74, 6) is -3.15. The van der Waals surface area contributed by atoms with Crippen molar-refractivity contribution >= 4 is 23.9 Å². The van der Waals surface area contributed by atoms with Crippen LogP contribution in [0.4, 0.5) is 0 Å². The van der Waals surface area contributed by atoms with Crippen molar-refractivity contribution < 1.29 is 58.2 Å². The van der Waals surface area contributed by atoms with Crippen LogP contribution in [0.1, 0.15) is 239 Å². The van der Waals surface area contributed by atoms with Gasteiger partial charge in [0.05, 0.1) is 6.61 Å². The second kappa shape index (κ2) is 47.4. The minimum absolute atomic E-state index is 0.0601. The van der Waals surface area contributed by atoms with Gasteiger partial charge >= 0.3 is 23.9 Å². The van der Waals surface area contributed by atoms with E-state index in [1.807, 2.05) is 0 Å². The summed E-state index contributed by atoms with van der Waals surface area (Å²) >= 11 is 0. The van der Waals surface area contributed by atoms with E-state index in [0.717, 1.165) is 96.3 Å². The molecule has 1 aliphatic rings. The summed E-state index contributed by atoms with van der Waals surface area (Å²) in [5, 5.41) is 31.4. The van der Waals surface area contributed by atoms with E-state index >= 15 is 0 Å². The molecule has 0 aromatic heterocycles. The molecule has 0 spiro atoms. The summed E-state index contributed by atoms with van der Waals surface area (Å²) in [6.07, 6.45) is 45.0. The van der Waals surface area contributed by atoms with Crippen molar-refractivity contribution in [2.24, 2.45) is 0 Å². The lowest BCUT2D eigenvalue weighted by Gasteiger charge is -2.40. The van der Waals surface area contributed by atoms with Crippen molar-refractivity contribution in [1.82, 2.24) is 0 Å². The van der Waals surface area contributed by atoms with Crippen molar-refractivity contribution in [2.75, 3.05) is 13.2 Å². The molecule has 1 fully saturated rings. The lowest BCUT2D eigenvalue weighted by atomic mass is 9.98. The molecule has 6 unspecified atom stereocenters. The molecule has 12 nitrogen and oxygen atoms in total. The Bertz CT molecular complexity index is 1470. The Hall–Kier alpha value is -3.58. The zero-order chi connectivity index (χ0) is 51.8. The molecule has 6 atom stereocenters. The fourth-order valence-electron chi connectivity index (χ4n) is 8.28. The molecule has 0 bridgehead atoms. The van der Waals surface area contributed by atoms with E-state index in [1.54, 1.807) is 0 Å². The van der Waals surface area contributed by atoms with Crippen molar-refractivity contribution in [3.05, 3.63) is 60.8 Å². The number of aliphatic hydroxyl groups is 2. The average Bonchev–Trinajstić information content (AvgIpc) is 3.35. The third kappa shape index (κ3) is 37.8. The number of carboxylic acid groups (broad SMARTS) is 1. The van der Waals surface area contributed by atoms with Gasteiger partial charge in [-0.1, -0.05) is 216 Å². The second-order valence-corrected chi connectivity index (χ2v) is 19.2. The number of carboxylic acids is 1. The van der Waals surface area contributed by atoms with Crippen LogP contribution in [-0.4, -0.2) is 89.2 Å². The molecular formula is C59H100O12. The third-order valence-electron chi connectivity index (χ3n) is 12.6. The normalized spacial score (nSPS) is 18.9. The molecule has 0 radical (unpaired) electrons. The van der Waals surface area contributed by atoms with Crippen molar-refractivity contribution in [3.63, 3.8) is 0 Å². The first kappa shape index (κ1) is 65.4. The Balaban J connectivity index is 2.68. The minimum atomic E-state index is -1.90. The lowest BCUT2D eigenvalue weighted by molar-refractivity contribution is -0.301. The lowest BCUT2D eigenvalue weighted by Crippen LogP contribution is -2.61. The highest BCUT2D eigenvalue weighted by Crippen LogP contribution is 2.26. The Labute approximate surface area is 430 Å². The van der Waals surface area contributed by atoms with Gasteiger partial charge < -0.3 is 39.0 Å². The van der Waals surface area contributed by atoms with Gasteiger partial charge in [-0.2, -0.15) is 0 Å². The average molecular weight is 1000 g/mol. The molecule has 1 aliphatic heterocycles. The zero-order valence-corrected chi connectivity index (χ0v) is 44.7. The minimum Gasteiger partial charge on any atom is -0.479 e. The highest BCUT2D eigenvalue weighted by atomic mass is 16.7. The van der Waals surface area contributed by atoms with Gasteiger partial charge in [0.1, 0.15) is 18.8 Å². The van der Waals surface area contributed by atoms with Crippen LogP contribution in [0.5, 0.6) is 0 Å². The fraction of sp³-hybridized carbons (Fsp3) is 0.763. The van der Waals surface area contributed by atoms with Crippen LogP contribution in [-0.2, 0) is 42.9 Å². The summed E-state index contributed by atoms with van der Waals surface area (Å²) < 4.78 is 28.3. The molecule has 0 saturated carbocycles. The highest BCUT2D eigenvalue weighted by Gasteiger charge is 2.50. The molecule has 12 heteroatoms. The van der Waals surface area contributed by atoms with Gasteiger partial charge in [0.2, 0.25) is 0 Å². The number of aliphatic carboxylic acids is 1. The molecule has 3 N–H and O–H groups in total. The summed E-state index contributed by atoms with van der Waals surface area (Å²) in [4.78, 5) is 50.9. The number of unbranched alkanes of at least 4 members (excludes halogenated alkanes) is 23. The van der Waals surface area contributed by atoms with Gasteiger partial charge in [0.25, 0.3) is 0 Å². The SMILES string of the molecule is CC/C=C\C/C=C\C/C=C\C/C=C\C/C=C\CCCCCC(=O)OCC(COC1OC(C(=O)O)C(O)C(O)C1OC(=O)CCCCCCCCCCCCCCC)OC(=O)CCCCCCCCCCC. The number of ether oxygens (including phenoxy) is 5. The standard InChI is InChI=1S/C59H100O12/c1-4-7-10-13-16-19-21-23-24-25-26-27-28-30-31-34-36-39-42-45-51(60)67-48-50(69-52(61)46-43-40-37-33-18-15-12-9-6-3)49-68-59-57(55(64)54(63)56(71-59)58(65)66)70-53(62)47-44-41-38-35-32-29-22-20-17-14-11-8-5-2/h7,10,16,19,23-24,26-27,30-31,50,54-57,59,63-64H,4-6,8-9,11-15,17-18,20-22,25,28-29,32-49H2,1-3H3,(H,65,66)/b10-7-,19-16-,24-23-,27-26-,31-30-. The van der Waals surface area contributed by atoms with E-state index in [-0.39, 0.29) is 25.9 Å². The molecule has 71 heavy (non-hydrogen) atoms. The largest absolute Gasteiger partial charge is 0.479 e. The predicted molar refractivity (Wildman–Crippen MR) is 285 cm³/mol. The van der Waals surface area contributed by atoms with E-state index in [1.165, 1.54) is 83.5 Å². The maximum Gasteiger partial charge on any atom is 0.335 e.